The number of anilines is 2. The molecule has 0 fully saturated rings. The Morgan fingerprint density at radius 2 is 1.16 bits per heavy atom. The molecule has 0 aliphatic heterocycles. The summed E-state index contributed by atoms with van der Waals surface area (Å²) in [4.78, 5) is 80.9. The van der Waals surface area contributed by atoms with E-state index in [1.54, 1.807) is 13.8 Å². The van der Waals surface area contributed by atoms with Gasteiger partial charge in [0, 0.05) is 60.9 Å². The lowest BCUT2D eigenvalue weighted by Gasteiger charge is -2.15. The molecule has 11 N–H and O–H groups in total. The van der Waals surface area contributed by atoms with Gasteiger partial charge in [0.25, 0.3) is 35.2 Å². The Morgan fingerprint density at radius 3 is 1.62 bits per heavy atom. The van der Waals surface area contributed by atoms with Gasteiger partial charge in [-0.2, -0.15) is 5.10 Å². The number of hydrazine groups is 1. The SMILES string of the molecule is Cc1c(C(=O)C(=O)NCC(C=[NH+]CCOCCOCCN(N)/C=C(\N)CNC(=O)C(=O)c2c(C)c(C(=O)Nc3ccc(F)c(F)c3)n(C)c2C)=NN)c(C)n(C)c1C(=O)Nc1ccc(F)c(F)c1. The van der Waals surface area contributed by atoms with Gasteiger partial charge in [0.2, 0.25) is 0 Å². The van der Waals surface area contributed by atoms with Gasteiger partial charge in [-0.3, -0.25) is 28.8 Å². The number of nitrogens with zero attached hydrogens (tertiary/aromatic N) is 4. The van der Waals surface area contributed by atoms with Crippen LogP contribution in [0.25, 0.3) is 0 Å². The molecule has 0 saturated carbocycles. The van der Waals surface area contributed by atoms with Crippen LogP contribution >= 0.6 is 0 Å². The molecule has 24 heteroatoms. The van der Waals surface area contributed by atoms with Gasteiger partial charge in [0.05, 0.1) is 50.6 Å². The quantitative estimate of drug-likeness (QED) is 0.00956. The number of halogens is 4. The molecule has 4 amide bonds. The van der Waals surface area contributed by atoms with Gasteiger partial charge in [-0.15, -0.1) is 0 Å². The number of benzene rings is 2. The first-order valence-corrected chi connectivity index (χ1v) is 20.6. The van der Waals surface area contributed by atoms with E-state index in [4.69, 9.17) is 26.9 Å². The van der Waals surface area contributed by atoms with Gasteiger partial charge in [0.1, 0.15) is 23.7 Å². The fraction of sp³-hybridized carbons (Fsp3) is 0.318. The van der Waals surface area contributed by atoms with Gasteiger partial charge in [0.15, 0.2) is 36.0 Å². The highest BCUT2D eigenvalue weighted by Gasteiger charge is 2.30. The molecule has 2 aromatic carbocycles. The maximum atomic E-state index is 13.7. The van der Waals surface area contributed by atoms with E-state index in [9.17, 15) is 46.3 Å². The molecule has 364 valence electrons. The Bertz CT molecular complexity index is 2680. The van der Waals surface area contributed by atoms with Crippen molar-refractivity contribution in [2.75, 3.05) is 63.2 Å². The van der Waals surface area contributed by atoms with E-state index in [0.717, 1.165) is 24.3 Å². The van der Waals surface area contributed by atoms with Crippen molar-refractivity contribution in [2.24, 2.45) is 36.6 Å². The van der Waals surface area contributed by atoms with Crippen molar-refractivity contribution in [3.8, 4) is 0 Å². The summed E-state index contributed by atoms with van der Waals surface area (Å²) in [5.74, 6) is 1.75. The zero-order valence-electron chi connectivity index (χ0n) is 38.1. The lowest BCUT2D eigenvalue weighted by atomic mass is 10.0. The molecule has 2 heterocycles. The Morgan fingerprint density at radius 1 is 0.706 bits per heavy atom. The number of hydrazone groups is 1. The third-order valence-electron chi connectivity index (χ3n) is 10.4. The molecular weight excluding hydrogens is 901 g/mol. The molecule has 0 unspecified atom stereocenters. The van der Waals surface area contributed by atoms with Crippen LogP contribution in [0.2, 0.25) is 0 Å². The first kappa shape index (κ1) is 52.9. The van der Waals surface area contributed by atoms with Crippen LogP contribution in [0.4, 0.5) is 28.9 Å². The lowest BCUT2D eigenvalue weighted by molar-refractivity contribution is -0.454. The minimum Gasteiger partial charge on any atom is -0.399 e. The topological polar surface area (TPSA) is 286 Å². The summed E-state index contributed by atoms with van der Waals surface area (Å²) >= 11 is 0. The monoisotopic (exact) mass is 953 g/mol. The first-order chi connectivity index (χ1) is 32.2. The zero-order valence-corrected chi connectivity index (χ0v) is 38.1. The maximum absolute atomic E-state index is 13.7. The second kappa shape index (κ2) is 24.2. The van der Waals surface area contributed by atoms with Crippen molar-refractivity contribution in [1.29, 1.82) is 0 Å². The van der Waals surface area contributed by atoms with Crippen molar-refractivity contribution < 1.29 is 60.8 Å². The smallest absolute Gasteiger partial charge is 0.292 e. The van der Waals surface area contributed by atoms with Crippen molar-refractivity contribution >= 4 is 58.5 Å². The van der Waals surface area contributed by atoms with Crippen LogP contribution in [-0.2, 0) is 33.2 Å². The number of hydrogen-bond acceptors (Lipinski definition) is 13. The van der Waals surface area contributed by atoms with E-state index in [-0.39, 0.29) is 102 Å². The van der Waals surface area contributed by atoms with Crippen LogP contribution < -0.4 is 43.7 Å². The predicted molar refractivity (Wildman–Crippen MR) is 241 cm³/mol. The number of Topliss-reactive ketones (excluding diaryl/α,β-unsaturated/α-hetero) is 2. The van der Waals surface area contributed by atoms with Crippen LogP contribution in [-0.4, -0.2) is 114 Å². The molecule has 0 spiro atoms. The average molecular weight is 954 g/mol. The van der Waals surface area contributed by atoms with Crippen molar-refractivity contribution in [1.82, 2.24) is 24.8 Å². The van der Waals surface area contributed by atoms with Crippen molar-refractivity contribution in [2.45, 2.75) is 27.7 Å². The molecule has 0 radical (unpaired) electrons. The summed E-state index contributed by atoms with van der Waals surface area (Å²) in [6.07, 6.45) is 2.78. The van der Waals surface area contributed by atoms with Gasteiger partial charge in [-0.1, -0.05) is 0 Å². The number of carbonyl (C=O) groups is 6. The predicted octanol–water partition coefficient (Wildman–Crippen LogP) is 0.431. The first-order valence-electron chi connectivity index (χ1n) is 20.6. The molecule has 4 rings (SSSR count). The Kier molecular flexibility index (Phi) is 18.8. The zero-order chi connectivity index (χ0) is 50.4. The van der Waals surface area contributed by atoms with Crippen molar-refractivity contribution in [3.63, 3.8) is 0 Å². The number of nitrogens with two attached hydrogens (primary N) is 3. The van der Waals surface area contributed by atoms with E-state index in [1.165, 1.54) is 66.6 Å². The summed E-state index contributed by atoms with van der Waals surface area (Å²) in [5, 5.41) is 14.6. The molecular formula is C44H53F4N12O8+. The minimum atomic E-state index is -1.15. The Balaban J connectivity index is 1.12. The Hall–Kier alpha value is -7.70. The third-order valence-corrected chi connectivity index (χ3v) is 10.4. The molecule has 4 aromatic rings. The normalized spacial score (nSPS) is 11.8. The van der Waals surface area contributed by atoms with E-state index in [1.807, 2.05) is 0 Å². The highest BCUT2D eigenvalue weighted by molar-refractivity contribution is 6.45. The second-order valence-electron chi connectivity index (χ2n) is 15.1. The summed E-state index contributed by atoms with van der Waals surface area (Å²) < 4.78 is 67.8. The van der Waals surface area contributed by atoms with E-state index >= 15 is 0 Å². The molecule has 0 bridgehead atoms. The Labute approximate surface area is 387 Å². The van der Waals surface area contributed by atoms with Crippen LogP contribution in [0.5, 0.6) is 0 Å². The van der Waals surface area contributed by atoms with Crippen LogP contribution in [0.1, 0.15) is 64.2 Å². The molecule has 68 heavy (non-hydrogen) atoms. The van der Waals surface area contributed by atoms with Gasteiger partial charge in [-0.05, 0) is 63.1 Å². The maximum Gasteiger partial charge on any atom is 0.292 e. The fourth-order valence-electron chi connectivity index (χ4n) is 6.81. The second-order valence-corrected chi connectivity index (χ2v) is 15.1. The average Bonchev–Trinajstić information content (AvgIpc) is 3.66. The highest BCUT2D eigenvalue weighted by Crippen LogP contribution is 2.25. The number of hydrogen-bond donors (Lipinski definition) is 8. The van der Waals surface area contributed by atoms with Crippen LogP contribution in [0.3, 0.4) is 0 Å². The van der Waals surface area contributed by atoms with Gasteiger partial charge in [-0.25, -0.2) is 28.4 Å². The third kappa shape index (κ3) is 13.4. The molecule has 0 aliphatic rings. The largest absolute Gasteiger partial charge is 0.399 e. The van der Waals surface area contributed by atoms with Crippen molar-refractivity contribution in [3.05, 3.63) is 117 Å². The van der Waals surface area contributed by atoms with E-state index < -0.39 is 58.5 Å². The van der Waals surface area contributed by atoms with E-state index in [0.29, 0.717) is 17.9 Å². The number of rotatable bonds is 23. The number of ketones is 2. The molecule has 2 aromatic heterocycles. The molecule has 0 aliphatic carbocycles. The van der Waals surface area contributed by atoms with E-state index in [2.05, 4.69) is 31.4 Å². The summed E-state index contributed by atoms with van der Waals surface area (Å²) in [7, 11) is 3.04. The number of amides is 4. The standard InChI is InChI=1S/C44H52F4N12O8/c1-23-35(25(3)58(5)37(23)41(63)55-28-7-9-31(45)33(47)17-28)39(61)43(65)53-19-27(49)22-60(51)12-14-68-16-15-67-13-11-52-20-30(57-50)21-54-44(66)40(62)36-24(2)38(59(6)26(36)4)42(64)56-29-8-10-32(46)34(48)18-29/h7-10,17-18,20,22H,11-16,19,21,49-51H2,1-6H3,(H,53,65)(H,54,66)(H,55,63)(H,56,64)/p+1/b27-22-,52-20?,57-30?. The molecule has 0 saturated heterocycles. The summed E-state index contributed by atoms with van der Waals surface area (Å²) in [6.45, 7) is 7.04. The summed E-state index contributed by atoms with van der Waals surface area (Å²) in [6, 6.07) is 5.72. The lowest BCUT2D eigenvalue weighted by Crippen LogP contribution is -2.72. The number of carbonyl (C=O) groups excluding carboxylic acids is 6. The highest BCUT2D eigenvalue weighted by atomic mass is 19.2. The summed E-state index contributed by atoms with van der Waals surface area (Å²) in [5.41, 5.74) is 7.44. The van der Waals surface area contributed by atoms with Gasteiger partial charge < -0.3 is 56.5 Å². The van der Waals surface area contributed by atoms with Crippen LogP contribution in [0, 0.1) is 51.0 Å². The fourth-order valence-corrected chi connectivity index (χ4v) is 6.81. The van der Waals surface area contributed by atoms with Crippen LogP contribution in [0.15, 0.2) is 53.4 Å². The minimum absolute atomic E-state index is 0.00328. The number of ether oxygens (including phenoxy) is 2. The van der Waals surface area contributed by atoms with Gasteiger partial charge >= 0.3 is 0 Å². The number of aromatic nitrogens is 2. The molecule has 20 nitrogen and oxygen atoms in total. The number of nitrogens with one attached hydrogen (secondary N) is 5. The molecule has 0 atom stereocenters.